The third-order valence-electron chi connectivity index (χ3n) is 3.42. The van der Waals surface area contributed by atoms with Gasteiger partial charge in [-0.3, -0.25) is 9.59 Å². The number of ether oxygens (including phenoxy) is 1. The maximum atomic E-state index is 12.3. The Morgan fingerprint density at radius 1 is 1.04 bits per heavy atom. The number of nitrogens with one attached hydrogen (secondary N) is 2. The predicted molar refractivity (Wildman–Crippen MR) is 107 cm³/mol. The van der Waals surface area contributed by atoms with Crippen LogP contribution in [0.15, 0.2) is 48.5 Å². The van der Waals surface area contributed by atoms with E-state index in [1.807, 2.05) is 25.1 Å². The van der Waals surface area contributed by atoms with Gasteiger partial charge in [0, 0.05) is 40.1 Å². The largest absolute Gasteiger partial charge is 0.382 e. The standard InChI is InChI=1S/C19H21IN2O3/c1-2-25-11-5-10-21-18(23)15-7-4-9-17(13-15)22-19(24)14-6-3-8-16(20)12-14/h3-4,6-9,12-13H,2,5,10-11H2,1H3,(H,21,23)(H,22,24). The van der Waals surface area contributed by atoms with Gasteiger partial charge < -0.3 is 15.4 Å². The van der Waals surface area contributed by atoms with Crippen LogP contribution in [0.3, 0.4) is 0 Å². The minimum absolute atomic E-state index is 0.165. The first-order chi connectivity index (χ1) is 12.1. The molecule has 2 N–H and O–H groups in total. The maximum Gasteiger partial charge on any atom is 0.255 e. The van der Waals surface area contributed by atoms with E-state index < -0.39 is 0 Å². The average Bonchev–Trinajstić information content (AvgIpc) is 2.61. The van der Waals surface area contributed by atoms with E-state index in [1.54, 1.807) is 30.3 Å². The quantitative estimate of drug-likeness (QED) is 0.474. The molecular weight excluding hydrogens is 431 g/mol. The second kappa shape index (κ2) is 10.1. The summed E-state index contributed by atoms with van der Waals surface area (Å²) in [6.07, 6.45) is 0.767. The van der Waals surface area contributed by atoms with E-state index in [-0.39, 0.29) is 11.8 Å². The summed E-state index contributed by atoms with van der Waals surface area (Å²) in [5.41, 5.74) is 1.68. The molecule has 2 amide bonds. The molecule has 2 aromatic carbocycles. The van der Waals surface area contributed by atoms with Gasteiger partial charge in [-0.25, -0.2) is 0 Å². The smallest absolute Gasteiger partial charge is 0.255 e. The van der Waals surface area contributed by atoms with Crippen molar-refractivity contribution in [1.29, 1.82) is 0 Å². The lowest BCUT2D eigenvalue weighted by atomic mass is 10.1. The molecule has 6 heteroatoms. The second-order valence-corrected chi connectivity index (χ2v) is 6.60. The van der Waals surface area contributed by atoms with Crippen molar-refractivity contribution in [1.82, 2.24) is 5.32 Å². The van der Waals surface area contributed by atoms with Crippen molar-refractivity contribution < 1.29 is 14.3 Å². The number of halogens is 1. The summed E-state index contributed by atoms with van der Waals surface area (Å²) < 4.78 is 6.23. The van der Waals surface area contributed by atoms with Crippen LogP contribution in [0.5, 0.6) is 0 Å². The SMILES string of the molecule is CCOCCCNC(=O)c1cccc(NC(=O)c2cccc(I)c2)c1. The summed E-state index contributed by atoms with van der Waals surface area (Å²) in [6.45, 7) is 3.80. The van der Waals surface area contributed by atoms with Gasteiger partial charge in [0.15, 0.2) is 0 Å². The van der Waals surface area contributed by atoms with Crippen LogP contribution in [0.1, 0.15) is 34.1 Å². The van der Waals surface area contributed by atoms with Gasteiger partial charge in [0.25, 0.3) is 11.8 Å². The van der Waals surface area contributed by atoms with Gasteiger partial charge in [0.05, 0.1) is 0 Å². The van der Waals surface area contributed by atoms with Crippen LogP contribution < -0.4 is 10.6 Å². The first kappa shape index (κ1) is 19.4. The summed E-state index contributed by atoms with van der Waals surface area (Å²) in [4.78, 5) is 24.5. The summed E-state index contributed by atoms with van der Waals surface area (Å²) in [5.74, 6) is -0.366. The van der Waals surface area contributed by atoms with E-state index in [4.69, 9.17) is 4.74 Å². The second-order valence-electron chi connectivity index (χ2n) is 5.35. The number of benzene rings is 2. The van der Waals surface area contributed by atoms with Gasteiger partial charge in [-0.1, -0.05) is 12.1 Å². The number of hydrogen-bond acceptors (Lipinski definition) is 3. The van der Waals surface area contributed by atoms with Gasteiger partial charge in [-0.2, -0.15) is 0 Å². The molecule has 0 radical (unpaired) electrons. The first-order valence-corrected chi connectivity index (χ1v) is 9.21. The Morgan fingerprint density at radius 3 is 2.48 bits per heavy atom. The molecule has 0 bridgehead atoms. The molecule has 0 aliphatic rings. The molecule has 0 saturated carbocycles. The summed E-state index contributed by atoms with van der Waals surface area (Å²) in [6, 6.07) is 14.2. The van der Waals surface area contributed by atoms with Gasteiger partial charge in [0.2, 0.25) is 0 Å². The number of rotatable bonds is 8. The number of carbonyl (C=O) groups excluding carboxylic acids is 2. The van der Waals surface area contributed by atoms with Crippen LogP contribution in [0, 0.1) is 3.57 Å². The third kappa shape index (κ3) is 6.47. The predicted octanol–water partition coefficient (Wildman–Crippen LogP) is 3.70. The lowest BCUT2D eigenvalue weighted by molar-refractivity contribution is 0.0943. The van der Waals surface area contributed by atoms with Crippen LogP contribution in [0.4, 0.5) is 5.69 Å². The highest BCUT2D eigenvalue weighted by Crippen LogP contribution is 2.14. The Hall–Kier alpha value is -1.93. The highest BCUT2D eigenvalue weighted by atomic mass is 127. The molecule has 132 valence electrons. The molecule has 0 spiro atoms. The number of anilines is 1. The van der Waals surface area contributed by atoms with Crippen molar-refractivity contribution in [2.75, 3.05) is 25.1 Å². The molecule has 0 saturated heterocycles. The van der Waals surface area contributed by atoms with E-state index in [0.29, 0.717) is 36.6 Å². The maximum absolute atomic E-state index is 12.3. The molecule has 0 fully saturated rings. The van der Waals surface area contributed by atoms with Gasteiger partial charge in [0.1, 0.15) is 0 Å². The van der Waals surface area contributed by atoms with Crippen molar-refractivity contribution in [3.8, 4) is 0 Å². The van der Waals surface area contributed by atoms with E-state index in [9.17, 15) is 9.59 Å². The molecular formula is C19H21IN2O3. The molecule has 0 atom stereocenters. The topological polar surface area (TPSA) is 67.4 Å². The van der Waals surface area contributed by atoms with Crippen LogP contribution in [0.25, 0.3) is 0 Å². The van der Waals surface area contributed by atoms with Crippen molar-refractivity contribution in [2.45, 2.75) is 13.3 Å². The molecule has 2 rings (SSSR count). The fourth-order valence-electron chi connectivity index (χ4n) is 2.19. The minimum Gasteiger partial charge on any atom is -0.382 e. The van der Waals surface area contributed by atoms with Crippen LogP contribution in [0.2, 0.25) is 0 Å². The normalized spacial score (nSPS) is 10.3. The number of hydrogen-bond donors (Lipinski definition) is 2. The Kier molecular flexibility index (Phi) is 7.87. The molecule has 0 unspecified atom stereocenters. The Morgan fingerprint density at radius 2 is 1.76 bits per heavy atom. The Balaban J connectivity index is 1.94. The highest BCUT2D eigenvalue weighted by molar-refractivity contribution is 14.1. The summed E-state index contributed by atoms with van der Waals surface area (Å²) in [5, 5.41) is 5.67. The van der Waals surface area contributed by atoms with Crippen molar-refractivity contribution in [3.63, 3.8) is 0 Å². The van der Waals surface area contributed by atoms with E-state index in [0.717, 1.165) is 9.99 Å². The zero-order chi connectivity index (χ0) is 18.1. The third-order valence-corrected chi connectivity index (χ3v) is 4.10. The van der Waals surface area contributed by atoms with E-state index >= 15 is 0 Å². The van der Waals surface area contributed by atoms with Crippen LogP contribution in [-0.2, 0) is 4.74 Å². The average molecular weight is 452 g/mol. The summed E-state index contributed by atoms with van der Waals surface area (Å²) >= 11 is 2.16. The summed E-state index contributed by atoms with van der Waals surface area (Å²) in [7, 11) is 0. The molecule has 5 nitrogen and oxygen atoms in total. The van der Waals surface area contributed by atoms with E-state index in [2.05, 4.69) is 33.2 Å². The molecule has 0 heterocycles. The first-order valence-electron chi connectivity index (χ1n) is 8.13. The van der Waals surface area contributed by atoms with Crippen molar-refractivity contribution >= 4 is 40.1 Å². The van der Waals surface area contributed by atoms with E-state index in [1.165, 1.54) is 0 Å². The Labute approximate surface area is 161 Å². The lowest BCUT2D eigenvalue weighted by Crippen LogP contribution is -2.25. The minimum atomic E-state index is -0.201. The van der Waals surface area contributed by atoms with Gasteiger partial charge in [-0.05, 0) is 72.3 Å². The monoisotopic (exact) mass is 452 g/mol. The fourth-order valence-corrected chi connectivity index (χ4v) is 2.74. The van der Waals surface area contributed by atoms with Crippen LogP contribution >= 0.6 is 22.6 Å². The molecule has 0 aliphatic heterocycles. The van der Waals surface area contributed by atoms with Gasteiger partial charge >= 0.3 is 0 Å². The zero-order valence-electron chi connectivity index (χ0n) is 14.0. The van der Waals surface area contributed by atoms with Gasteiger partial charge in [-0.15, -0.1) is 0 Å². The zero-order valence-corrected chi connectivity index (χ0v) is 16.2. The van der Waals surface area contributed by atoms with Crippen LogP contribution in [-0.4, -0.2) is 31.6 Å². The van der Waals surface area contributed by atoms with Crippen molar-refractivity contribution in [3.05, 3.63) is 63.2 Å². The molecule has 0 aliphatic carbocycles. The molecule has 0 aromatic heterocycles. The fraction of sp³-hybridized carbons (Fsp3) is 0.263. The lowest BCUT2D eigenvalue weighted by Gasteiger charge is -2.09. The Bertz CT molecular complexity index is 734. The highest BCUT2D eigenvalue weighted by Gasteiger charge is 2.09. The molecule has 2 aromatic rings. The van der Waals surface area contributed by atoms with Crippen molar-refractivity contribution in [2.24, 2.45) is 0 Å². The number of carbonyl (C=O) groups is 2. The number of amides is 2. The molecule has 25 heavy (non-hydrogen) atoms.